The van der Waals surface area contributed by atoms with E-state index in [9.17, 15) is 29.7 Å². The smallest absolute Gasteiger partial charge is 0.332 e. The van der Waals surface area contributed by atoms with Crippen LogP contribution in [-0.2, 0) is 14.4 Å². The maximum absolute atomic E-state index is 11.9. The highest BCUT2D eigenvalue weighted by atomic mass is 16.4. The van der Waals surface area contributed by atoms with E-state index in [4.69, 9.17) is 0 Å². The molecule has 1 saturated carbocycles. The summed E-state index contributed by atoms with van der Waals surface area (Å²) < 4.78 is 0. The first-order chi connectivity index (χ1) is 13.2. The molecule has 3 N–H and O–H groups in total. The van der Waals surface area contributed by atoms with Crippen molar-refractivity contribution in [2.24, 2.45) is 11.8 Å². The molecule has 1 atom stereocenters. The Morgan fingerprint density at radius 1 is 1.00 bits per heavy atom. The van der Waals surface area contributed by atoms with E-state index in [0.29, 0.717) is 18.4 Å². The summed E-state index contributed by atoms with van der Waals surface area (Å²) in [5.74, 6) is -3.88. The highest BCUT2D eigenvalue weighted by molar-refractivity contribution is 5.92. The summed E-state index contributed by atoms with van der Waals surface area (Å²) >= 11 is 0. The molecule has 0 spiro atoms. The van der Waals surface area contributed by atoms with Gasteiger partial charge in [-0.1, -0.05) is 45.6 Å². The second kappa shape index (κ2) is 11.5. The summed E-state index contributed by atoms with van der Waals surface area (Å²) in [6.45, 7) is 5.11. The summed E-state index contributed by atoms with van der Waals surface area (Å²) in [5.41, 5.74) is 0.928. The fourth-order valence-corrected chi connectivity index (χ4v) is 3.65. The van der Waals surface area contributed by atoms with Crippen LogP contribution in [0, 0.1) is 11.8 Å². The van der Waals surface area contributed by atoms with E-state index in [0.717, 1.165) is 38.5 Å². The summed E-state index contributed by atoms with van der Waals surface area (Å²) in [5, 5.41) is 28.6. The molecule has 28 heavy (non-hydrogen) atoms. The molecule has 1 unspecified atom stereocenters. The molecule has 0 saturated heterocycles. The third-order valence-corrected chi connectivity index (χ3v) is 5.37. The third kappa shape index (κ3) is 6.98. The van der Waals surface area contributed by atoms with Crippen LogP contribution in [0.4, 0.5) is 0 Å². The topological polar surface area (TPSA) is 112 Å². The Bertz CT molecular complexity index is 677. The van der Waals surface area contributed by atoms with E-state index >= 15 is 0 Å². The van der Waals surface area contributed by atoms with Gasteiger partial charge in [-0.2, -0.15) is 0 Å². The Hall–Kier alpha value is -2.37. The average molecular weight is 392 g/mol. The molecule has 0 heterocycles. The third-order valence-electron chi connectivity index (χ3n) is 5.37. The van der Waals surface area contributed by atoms with Crippen LogP contribution in [0.5, 0.6) is 0 Å². The molecule has 0 radical (unpaired) electrons. The Kier molecular flexibility index (Phi) is 9.69. The molecule has 1 aliphatic rings. The summed E-state index contributed by atoms with van der Waals surface area (Å²) in [6.07, 6.45) is 9.64. The van der Waals surface area contributed by atoms with Crippen molar-refractivity contribution >= 4 is 17.9 Å². The van der Waals surface area contributed by atoms with E-state index in [2.05, 4.69) is 0 Å². The number of allylic oxidation sites excluding steroid dienone is 3. The standard InChI is InChI=1S/C22H32O6/c1-4-5-9-17(21(25)26)12-14(2)18(22(27)28)13-19(15(3)20(23)24)16-10-7-6-8-11-16/h12-14,16H,4-11H2,1-3H3,(H,23,24)(H,25,26)(H,27,28). The van der Waals surface area contributed by atoms with Gasteiger partial charge in [-0.25, -0.2) is 14.4 Å². The van der Waals surface area contributed by atoms with Crippen molar-refractivity contribution in [3.8, 4) is 0 Å². The van der Waals surface area contributed by atoms with Crippen LogP contribution in [-0.4, -0.2) is 33.2 Å². The Morgan fingerprint density at radius 2 is 1.61 bits per heavy atom. The monoisotopic (exact) mass is 392 g/mol. The van der Waals surface area contributed by atoms with Gasteiger partial charge in [-0.15, -0.1) is 0 Å². The lowest BCUT2D eigenvalue weighted by Crippen LogP contribution is -2.16. The molecule has 0 aromatic rings. The van der Waals surface area contributed by atoms with Gasteiger partial charge in [0.25, 0.3) is 0 Å². The molecular formula is C22H32O6. The Labute approximate surface area is 166 Å². The molecular weight excluding hydrogens is 360 g/mol. The lowest BCUT2D eigenvalue weighted by Gasteiger charge is -2.25. The summed E-state index contributed by atoms with van der Waals surface area (Å²) in [6, 6.07) is 0. The molecule has 1 rings (SSSR count). The zero-order chi connectivity index (χ0) is 21.3. The van der Waals surface area contributed by atoms with Crippen molar-refractivity contribution in [1.29, 1.82) is 0 Å². The van der Waals surface area contributed by atoms with Gasteiger partial charge in [0.1, 0.15) is 0 Å². The highest BCUT2D eigenvalue weighted by Gasteiger charge is 2.24. The molecule has 1 fully saturated rings. The number of aliphatic carboxylic acids is 3. The van der Waals surface area contributed by atoms with Gasteiger partial charge in [0, 0.05) is 22.6 Å². The van der Waals surface area contributed by atoms with E-state index in [-0.39, 0.29) is 22.6 Å². The average Bonchev–Trinajstić information content (AvgIpc) is 2.65. The predicted octanol–water partition coefficient (Wildman–Crippen LogP) is 4.82. The van der Waals surface area contributed by atoms with Crippen LogP contribution >= 0.6 is 0 Å². The normalized spacial score (nSPS) is 18.4. The minimum Gasteiger partial charge on any atom is -0.478 e. The van der Waals surface area contributed by atoms with Gasteiger partial charge < -0.3 is 15.3 Å². The number of unbranched alkanes of at least 4 members (excludes halogenated alkanes) is 1. The van der Waals surface area contributed by atoms with Crippen molar-refractivity contribution in [2.75, 3.05) is 0 Å². The van der Waals surface area contributed by atoms with Crippen molar-refractivity contribution in [2.45, 2.75) is 72.1 Å². The van der Waals surface area contributed by atoms with Gasteiger partial charge >= 0.3 is 17.9 Å². The van der Waals surface area contributed by atoms with Crippen LogP contribution in [0.1, 0.15) is 72.1 Å². The van der Waals surface area contributed by atoms with Crippen LogP contribution in [0.3, 0.4) is 0 Å². The van der Waals surface area contributed by atoms with Gasteiger partial charge in [0.15, 0.2) is 0 Å². The summed E-state index contributed by atoms with van der Waals surface area (Å²) in [4.78, 5) is 34.9. The number of carboxylic acid groups (broad SMARTS) is 3. The number of hydrogen-bond acceptors (Lipinski definition) is 3. The lowest BCUT2D eigenvalue weighted by molar-refractivity contribution is -0.134. The lowest BCUT2D eigenvalue weighted by atomic mass is 9.80. The van der Waals surface area contributed by atoms with Crippen molar-refractivity contribution < 1.29 is 29.7 Å². The Morgan fingerprint density at radius 3 is 2.07 bits per heavy atom. The second-order valence-corrected chi connectivity index (χ2v) is 7.51. The minimum atomic E-state index is -1.16. The molecule has 0 amide bonds. The maximum Gasteiger partial charge on any atom is 0.332 e. The van der Waals surface area contributed by atoms with E-state index in [1.165, 1.54) is 19.1 Å². The van der Waals surface area contributed by atoms with Crippen LogP contribution in [0.2, 0.25) is 0 Å². The van der Waals surface area contributed by atoms with Crippen LogP contribution in [0.25, 0.3) is 0 Å². The molecule has 0 aromatic heterocycles. The quantitative estimate of drug-likeness (QED) is 0.363. The Balaban J connectivity index is 3.35. The van der Waals surface area contributed by atoms with Gasteiger partial charge in [-0.3, -0.25) is 0 Å². The van der Waals surface area contributed by atoms with Gasteiger partial charge in [0.2, 0.25) is 0 Å². The van der Waals surface area contributed by atoms with Crippen LogP contribution in [0.15, 0.2) is 34.4 Å². The van der Waals surface area contributed by atoms with Crippen LogP contribution < -0.4 is 0 Å². The highest BCUT2D eigenvalue weighted by Crippen LogP contribution is 2.34. The zero-order valence-electron chi connectivity index (χ0n) is 17.0. The van der Waals surface area contributed by atoms with E-state index < -0.39 is 23.8 Å². The van der Waals surface area contributed by atoms with Crippen molar-refractivity contribution in [3.63, 3.8) is 0 Å². The fraction of sp³-hybridized carbons (Fsp3) is 0.591. The molecule has 6 nitrogen and oxygen atoms in total. The van der Waals surface area contributed by atoms with E-state index in [1.807, 2.05) is 6.92 Å². The first-order valence-electron chi connectivity index (χ1n) is 10.0. The van der Waals surface area contributed by atoms with Crippen molar-refractivity contribution in [3.05, 3.63) is 34.4 Å². The second-order valence-electron chi connectivity index (χ2n) is 7.51. The number of carboxylic acids is 3. The SMILES string of the molecule is CCCCC(=CC(C)C(=CC(=C(C)C(=O)O)C1CCCCC1)C(=O)O)C(=O)O. The number of rotatable bonds is 10. The fourth-order valence-electron chi connectivity index (χ4n) is 3.65. The molecule has 0 aromatic carbocycles. The maximum atomic E-state index is 11.9. The first-order valence-corrected chi connectivity index (χ1v) is 10.0. The van der Waals surface area contributed by atoms with Gasteiger partial charge in [0.05, 0.1) is 0 Å². The number of carbonyl (C=O) groups is 3. The predicted molar refractivity (Wildman–Crippen MR) is 107 cm³/mol. The van der Waals surface area contributed by atoms with E-state index in [1.54, 1.807) is 6.92 Å². The minimum absolute atomic E-state index is 0.0226. The largest absolute Gasteiger partial charge is 0.478 e. The van der Waals surface area contributed by atoms with Crippen molar-refractivity contribution in [1.82, 2.24) is 0 Å². The first kappa shape index (κ1) is 23.7. The molecule has 1 aliphatic carbocycles. The summed E-state index contributed by atoms with van der Waals surface area (Å²) in [7, 11) is 0. The molecule has 6 heteroatoms. The number of hydrogen-bond donors (Lipinski definition) is 3. The van der Waals surface area contributed by atoms with Gasteiger partial charge in [-0.05, 0) is 50.2 Å². The zero-order valence-corrected chi connectivity index (χ0v) is 17.0. The molecule has 0 aliphatic heterocycles. The molecule has 156 valence electrons. The molecule has 0 bridgehead atoms.